The lowest BCUT2D eigenvalue weighted by Crippen LogP contribution is -2.02. The van der Waals surface area contributed by atoms with E-state index in [-0.39, 0.29) is 0 Å². The molecular formula is C49H31N7. The van der Waals surface area contributed by atoms with Crippen LogP contribution in [-0.4, -0.2) is 29.9 Å². The van der Waals surface area contributed by atoms with Crippen molar-refractivity contribution in [3.05, 3.63) is 194 Å². The average molecular weight is 718 g/mol. The summed E-state index contributed by atoms with van der Waals surface area (Å²) in [6.45, 7) is 0. The maximum absolute atomic E-state index is 11.0. The summed E-state index contributed by atoms with van der Waals surface area (Å²) in [5.41, 5.74) is 8.75. The van der Waals surface area contributed by atoms with Gasteiger partial charge in [-0.25, -0.2) is 29.9 Å². The van der Waals surface area contributed by atoms with Crippen LogP contribution >= 0.6 is 0 Å². The van der Waals surface area contributed by atoms with E-state index in [0.717, 1.165) is 55.6 Å². The zero-order valence-corrected chi connectivity index (χ0v) is 30.0. The third-order valence-electron chi connectivity index (χ3n) is 9.49. The number of hydrogen-bond donors (Lipinski definition) is 0. The molecule has 7 nitrogen and oxygen atoms in total. The van der Waals surface area contributed by atoms with E-state index >= 15 is 0 Å². The standard InChI is InChI=1S/C49H31N7/c50-32-43-39(37-26-13-15-28-41(37)48-53-44(33-18-5-1-6-19-33)51-45(54-48)34-20-7-2-8-21-34)30-17-31-40(43)38-27-14-16-29-42(38)49-55-46(35-22-9-3-10-23-35)52-47(56-49)36-24-11-4-12-25-36/h1-31H. The van der Waals surface area contributed by atoms with E-state index in [2.05, 4.69) is 6.07 Å². The van der Waals surface area contributed by atoms with Crippen molar-refractivity contribution in [1.29, 1.82) is 5.26 Å². The van der Waals surface area contributed by atoms with Gasteiger partial charge in [-0.05, 0) is 11.1 Å². The molecule has 0 fully saturated rings. The predicted molar refractivity (Wildman–Crippen MR) is 221 cm³/mol. The Morgan fingerprint density at radius 2 is 0.500 bits per heavy atom. The van der Waals surface area contributed by atoms with Crippen molar-refractivity contribution in [2.75, 3.05) is 0 Å². The lowest BCUT2D eigenvalue weighted by atomic mass is 9.88. The average Bonchev–Trinajstić information content (AvgIpc) is 3.29. The zero-order valence-electron chi connectivity index (χ0n) is 30.0. The molecule has 0 atom stereocenters. The van der Waals surface area contributed by atoms with Gasteiger partial charge in [0.05, 0.1) is 5.56 Å². The minimum absolute atomic E-state index is 0.508. The van der Waals surface area contributed by atoms with Gasteiger partial charge in [0.15, 0.2) is 34.9 Å². The number of nitrogens with zero attached hydrogens (tertiary/aromatic N) is 7. The summed E-state index contributed by atoms with van der Waals surface area (Å²) in [4.78, 5) is 29.8. The molecule has 9 aromatic rings. The highest BCUT2D eigenvalue weighted by molar-refractivity contribution is 5.92. The van der Waals surface area contributed by atoms with E-state index in [1.807, 2.05) is 188 Å². The molecule has 0 aliphatic heterocycles. The van der Waals surface area contributed by atoms with Gasteiger partial charge in [-0.1, -0.05) is 188 Å². The Labute approximate surface area is 324 Å². The quantitative estimate of drug-likeness (QED) is 0.154. The Morgan fingerprint density at radius 3 is 0.804 bits per heavy atom. The van der Waals surface area contributed by atoms with Gasteiger partial charge < -0.3 is 0 Å². The molecule has 7 heteroatoms. The van der Waals surface area contributed by atoms with Crippen LogP contribution in [0.4, 0.5) is 0 Å². The van der Waals surface area contributed by atoms with Crippen LogP contribution in [0.2, 0.25) is 0 Å². The highest BCUT2D eigenvalue weighted by Gasteiger charge is 2.21. The number of rotatable bonds is 8. The van der Waals surface area contributed by atoms with Crippen LogP contribution in [0.15, 0.2) is 188 Å². The van der Waals surface area contributed by atoms with Gasteiger partial charge in [0.25, 0.3) is 0 Å². The molecule has 2 heterocycles. The third-order valence-corrected chi connectivity index (χ3v) is 9.49. The third kappa shape index (κ3) is 6.71. The van der Waals surface area contributed by atoms with Gasteiger partial charge in [-0.3, -0.25) is 0 Å². The van der Waals surface area contributed by atoms with Crippen LogP contribution in [0.5, 0.6) is 0 Å². The molecule has 262 valence electrons. The molecule has 0 radical (unpaired) electrons. The molecule has 0 unspecified atom stereocenters. The minimum Gasteiger partial charge on any atom is -0.208 e. The second kappa shape index (κ2) is 15.2. The van der Waals surface area contributed by atoms with Crippen LogP contribution in [0.1, 0.15) is 5.56 Å². The molecule has 0 aliphatic carbocycles. The summed E-state index contributed by atoms with van der Waals surface area (Å²) in [6, 6.07) is 64.0. The van der Waals surface area contributed by atoms with Crippen LogP contribution < -0.4 is 0 Å². The monoisotopic (exact) mass is 717 g/mol. The van der Waals surface area contributed by atoms with Crippen molar-refractivity contribution in [3.63, 3.8) is 0 Å². The van der Waals surface area contributed by atoms with Gasteiger partial charge in [-0.15, -0.1) is 0 Å². The van der Waals surface area contributed by atoms with Crippen molar-refractivity contribution in [1.82, 2.24) is 29.9 Å². The van der Waals surface area contributed by atoms with Crippen LogP contribution in [-0.2, 0) is 0 Å². The van der Waals surface area contributed by atoms with Gasteiger partial charge in [0.2, 0.25) is 0 Å². The van der Waals surface area contributed by atoms with E-state index in [1.165, 1.54) is 0 Å². The Bertz CT molecular complexity index is 2550. The summed E-state index contributed by atoms with van der Waals surface area (Å²) in [5.74, 6) is 3.28. The fraction of sp³-hybridized carbons (Fsp3) is 0. The number of aromatic nitrogens is 6. The van der Waals surface area contributed by atoms with Crippen molar-refractivity contribution in [2.24, 2.45) is 0 Å². The highest BCUT2D eigenvalue weighted by atomic mass is 15.0. The molecule has 2 aromatic heterocycles. The van der Waals surface area contributed by atoms with E-state index in [1.54, 1.807) is 0 Å². The van der Waals surface area contributed by atoms with Gasteiger partial charge >= 0.3 is 0 Å². The predicted octanol–water partition coefficient (Wildman–Crippen LogP) is 11.3. The van der Waals surface area contributed by atoms with Crippen molar-refractivity contribution >= 4 is 0 Å². The summed E-state index contributed by atoms with van der Waals surface area (Å²) in [7, 11) is 0. The largest absolute Gasteiger partial charge is 0.208 e. The molecule has 0 saturated carbocycles. The summed E-state index contributed by atoms with van der Waals surface area (Å²) >= 11 is 0. The van der Waals surface area contributed by atoms with E-state index in [0.29, 0.717) is 40.5 Å². The van der Waals surface area contributed by atoms with Gasteiger partial charge in [0.1, 0.15) is 6.07 Å². The second-order valence-electron chi connectivity index (χ2n) is 13.0. The first-order valence-electron chi connectivity index (χ1n) is 18.2. The summed E-state index contributed by atoms with van der Waals surface area (Å²) in [5, 5.41) is 11.0. The van der Waals surface area contributed by atoms with Gasteiger partial charge in [-0.2, -0.15) is 5.26 Å². The lowest BCUT2D eigenvalue weighted by molar-refractivity contribution is 1.07. The molecule has 56 heavy (non-hydrogen) atoms. The summed E-state index contributed by atoms with van der Waals surface area (Å²) in [6.07, 6.45) is 0. The van der Waals surface area contributed by atoms with Crippen molar-refractivity contribution in [3.8, 4) is 96.7 Å². The SMILES string of the molecule is N#Cc1c(-c2ccccc2-c2nc(-c3ccccc3)nc(-c3ccccc3)n2)cccc1-c1ccccc1-c1nc(-c2ccccc2)nc(-c2ccccc2)n1. The smallest absolute Gasteiger partial charge is 0.164 e. The van der Waals surface area contributed by atoms with Crippen molar-refractivity contribution < 1.29 is 0 Å². The Hall–Kier alpha value is -7.95. The molecule has 0 spiro atoms. The van der Waals surface area contributed by atoms with Crippen LogP contribution in [0, 0.1) is 11.3 Å². The highest BCUT2D eigenvalue weighted by Crippen LogP contribution is 2.40. The molecule has 9 rings (SSSR count). The Balaban J connectivity index is 1.21. The first-order valence-corrected chi connectivity index (χ1v) is 18.2. The molecule has 0 N–H and O–H groups in total. The summed E-state index contributed by atoms with van der Waals surface area (Å²) < 4.78 is 0. The van der Waals surface area contributed by atoms with Crippen LogP contribution in [0.25, 0.3) is 90.6 Å². The maximum atomic E-state index is 11.0. The molecular weight excluding hydrogens is 687 g/mol. The molecule has 0 aliphatic rings. The van der Waals surface area contributed by atoms with E-state index in [9.17, 15) is 5.26 Å². The van der Waals surface area contributed by atoms with Crippen molar-refractivity contribution in [2.45, 2.75) is 0 Å². The number of hydrogen-bond acceptors (Lipinski definition) is 7. The molecule has 0 saturated heterocycles. The number of benzene rings is 7. The minimum atomic E-state index is 0.508. The normalized spacial score (nSPS) is 10.8. The van der Waals surface area contributed by atoms with E-state index < -0.39 is 0 Å². The fourth-order valence-corrected chi connectivity index (χ4v) is 6.81. The second-order valence-corrected chi connectivity index (χ2v) is 13.0. The fourth-order valence-electron chi connectivity index (χ4n) is 6.81. The topological polar surface area (TPSA) is 101 Å². The lowest BCUT2D eigenvalue weighted by Gasteiger charge is -2.16. The molecule has 0 amide bonds. The Morgan fingerprint density at radius 1 is 0.250 bits per heavy atom. The number of nitriles is 1. The van der Waals surface area contributed by atoms with Crippen LogP contribution in [0.3, 0.4) is 0 Å². The molecule has 7 aromatic carbocycles. The van der Waals surface area contributed by atoms with Gasteiger partial charge in [0, 0.05) is 44.5 Å². The first kappa shape index (κ1) is 33.9. The van der Waals surface area contributed by atoms with E-state index in [4.69, 9.17) is 29.9 Å². The zero-order chi connectivity index (χ0) is 37.7. The maximum Gasteiger partial charge on any atom is 0.164 e. The first-order chi connectivity index (χ1) is 27.7. The Kier molecular flexibility index (Phi) is 9.18. The molecule has 0 bridgehead atoms.